The minimum absolute atomic E-state index is 0.811. The number of rotatable bonds is 3. The Hall–Kier alpha value is -0.830. The molecule has 0 bridgehead atoms. The van der Waals surface area contributed by atoms with Gasteiger partial charge in [0, 0.05) is 12.7 Å². The molecule has 0 aliphatic carbocycles. The van der Waals surface area contributed by atoms with Gasteiger partial charge in [0.1, 0.15) is 5.82 Å². The predicted molar refractivity (Wildman–Crippen MR) is 60.0 cm³/mol. The Morgan fingerprint density at radius 2 is 2.38 bits per heavy atom. The Kier molecular flexibility index (Phi) is 3.96. The highest BCUT2D eigenvalue weighted by atomic mass is 79.9. The summed E-state index contributed by atoms with van der Waals surface area (Å²) in [5.41, 5.74) is 1.19. The molecule has 1 rings (SSSR count). The molecule has 1 N–H and O–H groups in total. The number of halogens is 1. The van der Waals surface area contributed by atoms with Gasteiger partial charge in [-0.05, 0) is 41.4 Å². The van der Waals surface area contributed by atoms with E-state index in [4.69, 9.17) is 0 Å². The summed E-state index contributed by atoms with van der Waals surface area (Å²) in [6, 6.07) is 1.98. The Bertz CT molecular complexity index is 308. The lowest BCUT2D eigenvalue weighted by Crippen LogP contribution is -2.01. The SMILES string of the molecule is C/C=C/CNc1nccc(C)c1Br. The summed E-state index contributed by atoms with van der Waals surface area (Å²) in [7, 11) is 0. The zero-order valence-corrected chi connectivity index (χ0v) is 9.43. The molecule has 0 aliphatic rings. The minimum atomic E-state index is 0.811. The van der Waals surface area contributed by atoms with E-state index in [1.807, 2.05) is 26.0 Å². The van der Waals surface area contributed by atoms with Crippen LogP contribution in [0.25, 0.3) is 0 Å². The molecule has 1 aromatic rings. The topological polar surface area (TPSA) is 24.9 Å². The van der Waals surface area contributed by atoms with Crippen molar-refractivity contribution in [1.29, 1.82) is 0 Å². The summed E-state index contributed by atoms with van der Waals surface area (Å²) in [4.78, 5) is 4.22. The largest absolute Gasteiger partial charge is 0.366 e. The van der Waals surface area contributed by atoms with E-state index in [2.05, 4.69) is 32.3 Å². The van der Waals surface area contributed by atoms with Crippen LogP contribution in [0, 0.1) is 6.92 Å². The molecule has 70 valence electrons. The van der Waals surface area contributed by atoms with Crippen LogP contribution in [-0.2, 0) is 0 Å². The maximum Gasteiger partial charge on any atom is 0.140 e. The van der Waals surface area contributed by atoms with Crippen LogP contribution in [0.5, 0.6) is 0 Å². The molecule has 3 heteroatoms. The van der Waals surface area contributed by atoms with Crippen molar-refractivity contribution in [1.82, 2.24) is 4.98 Å². The van der Waals surface area contributed by atoms with Gasteiger partial charge in [-0.2, -0.15) is 0 Å². The first-order valence-electron chi connectivity index (χ1n) is 4.22. The Morgan fingerprint density at radius 1 is 1.62 bits per heavy atom. The van der Waals surface area contributed by atoms with E-state index in [0.717, 1.165) is 16.8 Å². The third-order valence-corrected chi connectivity index (χ3v) is 2.71. The molecular formula is C10H13BrN2. The molecule has 0 unspecified atom stereocenters. The highest BCUT2D eigenvalue weighted by molar-refractivity contribution is 9.10. The Labute approximate surface area is 87.2 Å². The molecule has 0 spiro atoms. The standard InChI is InChI=1S/C10H13BrN2/c1-3-4-6-12-10-9(11)8(2)5-7-13-10/h3-5,7H,6H2,1-2H3,(H,12,13)/b4-3+. The van der Waals surface area contributed by atoms with E-state index < -0.39 is 0 Å². The number of anilines is 1. The van der Waals surface area contributed by atoms with E-state index in [9.17, 15) is 0 Å². The molecule has 1 heterocycles. The average Bonchev–Trinajstić information content (AvgIpc) is 2.13. The Balaban J connectivity index is 2.71. The van der Waals surface area contributed by atoms with Crippen molar-refractivity contribution in [2.75, 3.05) is 11.9 Å². The minimum Gasteiger partial charge on any atom is -0.366 e. The number of nitrogens with one attached hydrogen (secondary N) is 1. The second-order valence-corrected chi connectivity index (χ2v) is 3.53. The van der Waals surface area contributed by atoms with Gasteiger partial charge in [0.25, 0.3) is 0 Å². The smallest absolute Gasteiger partial charge is 0.140 e. The van der Waals surface area contributed by atoms with Crippen LogP contribution in [-0.4, -0.2) is 11.5 Å². The van der Waals surface area contributed by atoms with Crippen molar-refractivity contribution < 1.29 is 0 Å². The maximum atomic E-state index is 4.22. The number of hydrogen-bond acceptors (Lipinski definition) is 2. The molecular weight excluding hydrogens is 228 g/mol. The highest BCUT2D eigenvalue weighted by Crippen LogP contribution is 2.22. The van der Waals surface area contributed by atoms with Gasteiger partial charge in [0.05, 0.1) is 4.47 Å². The van der Waals surface area contributed by atoms with Gasteiger partial charge >= 0.3 is 0 Å². The number of allylic oxidation sites excluding steroid dienone is 1. The zero-order valence-electron chi connectivity index (χ0n) is 7.84. The molecule has 0 saturated heterocycles. The first kappa shape index (κ1) is 10.3. The van der Waals surface area contributed by atoms with Gasteiger partial charge in [0.2, 0.25) is 0 Å². The van der Waals surface area contributed by atoms with E-state index in [1.54, 1.807) is 6.20 Å². The number of aromatic nitrogens is 1. The lowest BCUT2D eigenvalue weighted by molar-refractivity contribution is 1.19. The fraction of sp³-hybridized carbons (Fsp3) is 0.300. The van der Waals surface area contributed by atoms with Crippen LogP contribution in [0.15, 0.2) is 28.9 Å². The van der Waals surface area contributed by atoms with Gasteiger partial charge in [0.15, 0.2) is 0 Å². The van der Waals surface area contributed by atoms with E-state index in [-0.39, 0.29) is 0 Å². The van der Waals surface area contributed by atoms with Crippen LogP contribution >= 0.6 is 15.9 Å². The number of pyridine rings is 1. The lowest BCUT2D eigenvalue weighted by atomic mass is 10.3. The lowest BCUT2D eigenvalue weighted by Gasteiger charge is -2.06. The van der Waals surface area contributed by atoms with E-state index >= 15 is 0 Å². The average molecular weight is 241 g/mol. The summed E-state index contributed by atoms with van der Waals surface area (Å²) in [6.07, 6.45) is 5.87. The molecule has 0 amide bonds. The van der Waals surface area contributed by atoms with Crippen LogP contribution in [0.2, 0.25) is 0 Å². The van der Waals surface area contributed by atoms with Gasteiger partial charge in [-0.1, -0.05) is 12.2 Å². The van der Waals surface area contributed by atoms with Crippen LogP contribution in [0.3, 0.4) is 0 Å². The number of nitrogens with zero attached hydrogens (tertiary/aromatic N) is 1. The molecule has 1 aromatic heterocycles. The van der Waals surface area contributed by atoms with Gasteiger partial charge in [-0.25, -0.2) is 4.98 Å². The number of aryl methyl sites for hydroxylation is 1. The zero-order chi connectivity index (χ0) is 9.68. The first-order valence-corrected chi connectivity index (χ1v) is 5.01. The van der Waals surface area contributed by atoms with E-state index in [0.29, 0.717) is 0 Å². The summed E-state index contributed by atoms with van der Waals surface area (Å²) >= 11 is 3.48. The van der Waals surface area contributed by atoms with Crippen molar-refractivity contribution in [2.45, 2.75) is 13.8 Å². The molecule has 0 aliphatic heterocycles. The number of hydrogen-bond donors (Lipinski definition) is 1. The van der Waals surface area contributed by atoms with Crippen molar-refractivity contribution in [3.8, 4) is 0 Å². The molecule has 2 nitrogen and oxygen atoms in total. The molecule has 0 atom stereocenters. The molecule has 0 radical (unpaired) electrons. The third kappa shape index (κ3) is 2.84. The maximum absolute atomic E-state index is 4.22. The van der Waals surface area contributed by atoms with E-state index in [1.165, 1.54) is 5.56 Å². The molecule has 0 aromatic carbocycles. The second kappa shape index (κ2) is 5.02. The van der Waals surface area contributed by atoms with Crippen LogP contribution in [0.4, 0.5) is 5.82 Å². The monoisotopic (exact) mass is 240 g/mol. The fourth-order valence-electron chi connectivity index (χ4n) is 0.937. The van der Waals surface area contributed by atoms with Crippen molar-refractivity contribution in [3.63, 3.8) is 0 Å². The van der Waals surface area contributed by atoms with Crippen LogP contribution in [0.1, 0.15) is 12.5 Å². The van der Waals surface area contributed by atoms with Crippen LogP contribution < -0.4 is 5.32 Å². The molecule has 0 fully saturated rings. The Morgan fingerprint density at radius 3 is 3.08 bits per heavy atom. The molecule has 0 saturated carbocycles. The second-order valence-electron chi connectivity index (χ2n) is 2.74. The first-order chi connectivity index (χ1) is 6.25. The quantitative estimate of drug-likeness (QED) is 0.822. The normalized spacial score (nSPS) is 10.7. The fourth-order valence-corrected chi connectivity index (χ4v) is 1.31. The summed E-state index contributed by atoms with van der Waals surface area (Å²) < 4.78 is 1.04. The van der Waals surface area contributed by atoms with Gasteiger partial charge < -0.3 is 5.32 Å². The van der Waals surface area contributed by atoms with Crippen molar-refractivity contribution in [2.24, 2.45) is 0 Å². The summed E-state index contributed by atoms with van der Waals surface area (Å²) in [6.45, 7) is 4.86. The summed E-state index contributed by atoms with van der Waals surface area (Å²) in [5, 5.41) is 3.21. The van der Waals surface area contributed by atoms with Crippen molar-refractivity contribution in [3.05, 3.63) is 34.5 Å². The third-order valence-electron chi connectivity index (χ3n) is 1.71. The van der Waals surface area contributed by atoms with Crippen molar-refractivity contribution >= 4 is 21.7 Å². The van der Waals surface area contributed by atoms with Gasteiger partial charge in [-0.15, -0.1) is 0 Å². The van der Waals surface area contributed by atoms with Gasteiger partial charge in [-0.3, -0.25) is 0 Å². The highest BCUT2D eigenvalue weighted by Gasteiger charge is 2.00. The summed E-state index contributed by atoms with van der Waals surface area (Å²) in [5.74, 6) is 0.901. The predicted octanol–water partition coefficient (Wildman–Crippen LogP) is 3.14. The molecule has 13 heavy (non-hydrogen) atoms.